The molecule has 0 saturated heterocycles. The highest BCUT2D eigenvalue weighted by Crippen LogP contribution is 2.24. The molecule has 0 aliphatic heterocycles. The van der Waals surface area contributed by atoms with Crippen LogP contribution >= 0.6 is 15.9 Å². The van der Waals surface area contributed by atoms with E-state index in [1.807, 2.05) is 37.4 Å². The van der Waals surface area contributed by atoms with Gasteiger partial charge in [0.05, 0.1) is 6.10 Å². The van der Waals surface area contributed by atoms with Crippen LogP contribution < -0.4 is 0 Å². The summed E-state index contributed by atoms with van der Waals surface area (Å²) in [5.74, 6) is 0. The van der Waals surface area contributed by atoms with Crippen LogP contribution in [-0.4, -0.2) is 10.1 Å². The molecule has 0 amide bonds. The zero-order chi connectivity index (χ0) is 13.8. The normalized spacial score (nSPS) is 12.4. The van der Waals surface area contributed by atoms with Crippen LogP contribution in [0.1, 0.15) is 35.4 Å². The molecule has 0 aliphatic carbocycles. The Morgan fingerprint density at radius 1 is 1.26 bits per heavy atom. The summed E-state index contributed by atoms with van der Waals surface area (Å²) in [4.78, 5) is 4.39. The molecule has 0 saturated carbocycles. The zero-order valence-electron chi connectivity index (χ0n) is 11.2. The van der Waals surface area contributed by atoms with E-state index in [4.69, 9.17) is 0 Å². The summed E-state index contributed by atoms with van der Waals surface area (Å²) in [5, 5.41) is 10.3. The highest BCUT2D eigenvalue weighted by molar-refractivity contribution is 9.10. The first-order valence-corrected chi connectivity index (χ1v) is 7.27. The van der Waals surface area contributed by atoms with Crippen molar-refractivity contribution in [3.05, 3.63) is 63.4 Å². The smallest absolute Gasteiger partial charge is 0.0848 e. The summed E-state index contributed by atoms with van der Waals surface area (Å²) in [6.07, 6.45) is 2.91. The first-order valence-electron chi connectivity index (χ1n) is 6.48. The highest BCUT2D eigenvalue weighted by atomic mass is 79.9. The van der Waals surface area contributed by atoms with E-state index in [0.29, 0.717) is 6.42 Å². The zero-order valence-corrected chi connectivity index (χ0v) is 12.8. The quantitative estimate of drug-likeness (QED) is 0.924. The molecule has 0 spiro atoms. The summed E-state index contributed by atoms with van der Waals surface area (Å²) in [7, 11) is 0. The largest absolute Gasteiger partial charge is 0.388 e. The maximum atomic E-state index is 10.3. The first kappa shape index (κ1) is 14.2. The molecule has 1 heterocycles. The average Bonchev–Trinajstić information content (AvgIpc) is 2.39. The monoisotopic (exact) mass is 319 g/mol. The molecule has 0 radical (unpaired) electrons. The Kier molecular flexibility index (Phi) is 4.72. The summed E-state index contributed by atoms with van der Waals surface area (Å²) >= 11 is 3.43. The number of hydrogen-bond acceptors (Lipinski definition) is 2. The minimum Gasteiger partial charge on any atom is -0.388 e. The molecule has 1 atom stereocenters. The van der Waals surface area contributed by atoms with E-state index in [-0.39, 0.29) is 0 Å². The van der Waals surface area contributed by atoms with Gasteiger partial charge in [-0.15, -0.1) is 0 Å². The Morgan fingerprint density at radius 2 is 2.05 bits per heavy atom. The standard InChI is InChI=1S/C16H18BrNO/c1-3-12-4-6-14(18-10-12)9-16(19)15-7-5-13(17)8-11(15)2/h4-8,10,16,19H,3,9H2,1-2H3. The van der Waals surface area contributed by atoms with Gasteiger partial charge in [0.15, 0.2) is 0 Å². The highest BCUT2D eigenvalue weighted by Gasteiger charge is 2.12. The molecule has 0 aliphatic rings. The van der Waals surface area contributed by atoms with E-state index in [2.05, 4.69) is 33.9 Å². The number of rotatable bonds is 4. The van der Waals surface area contributed by atoms with Gasteiger partial charge >= 0.3 is 0 Å². The molecule has 2 nitrogen and oxygen atoms in total. The Morgan fingerprint density at radius 3 is 2.63 bits per heavy atom. The van der Waals surface area contributed by atoms with Crippen molar-refractivity contribution in [3.63, 3.8) is 0 Å². The third kappa shape index (κ3) is 3.64. The SMILES string of the molecule is CCc1ccc(CC(O)c2ccc(Br)cc2C)nc1. The van der Waals surface area contributed by atoms with E-state index in [1.54, 1.807) is 0 Å². The number of aryl methyl sites for hydroxylation is 2. The number of halogens is 1. The lowest BCUT2D eigenvalue weighted by molar-refractivity contribution is 0.176. The Balaban J connectivity index is 2.13. The van der Waals surface area contributed by atoms with Crippen LogP contribution in [0.4, 0.5) is 0 Å². The Labute approximate surface area is 122 Å². The van der Waals surface area contributed by atoms with Crippen LogP contribution in [0, 0.1) is 6.92 Å². The second-order valence-corrected chi connectivity index (χ2v) is 5.65. The summed E-state index contributed by atoms with van der Waals surface area (Å²) in [6, 6.07) is 10.0. The molecule has 0 bridgehead atoms. The van der Waals surface area contributed by atoms with Gasteiger partial charge in [0, 0.05) is 22.8 Å². The van der Waals surface area contributed by atoms with Gasteiger partial charge < -0.3 is 5.11 Å². The molecule has 2 aromatic rings. The van der Waals surface area contributed by atoms with Crippen LogP contribution in [0.5, 0.6) is 0 Å². The number of nitrogens with zero attached hydrogens (tertiary/aromatic N) is 1. The molecule has 1 unspecified atom stereocenters. The van der Waals surface area contributed by atoms with Gasteiger partial charge in [-0.1, -0.05) is 35.0 Å². The molecule has 3 heteroatoms. The second-order valence-electron chi connectivity index (χ2n) is 4.73. The summed E-state index contributed by atoms with van der Waals surface area (Å²) in [6.45, 7) is 4.12. The van der Waals surface area contributed by atoms with Gasteiger partial charge in [-0.2, -0.15) is 0 Å². The second kappa shape index (κ2) is 6.31. The minimum absolute atomic E-state index is 0.506. The summed E-state index contributed by atoms with van der Waals surface area (Å²) < 4.78 is 1.03. The van der Waals surface area contributed by atoms with Crippen LogP contribution in [0.15, 0.2) is 41.0 Å². The van der Waals surface area contributed by atoms with Crippen molar-refractivity contribution >= 4 is 15.9 Å². The Bertz CT molecular complexity index is 551. The van der Waals surface area contributed by atoms with Crippen molar-refractivity contribution in [1.29, 1.82) is 0 Å². The molecule has 1 N–H and O–H groups in total. The van der Waals surface area contributed by atoms with Gasteiger partial charge in [0.25, 0.3) is 0 Å². The maximum Gasteiger partial charge on any atom is 0.0848 e. The van der Waals surface area contributed by atoms with E-state index in [0.717, 1.165) is 27.7 Å². The molecule has 1 aromatic carbocycles. The number of pyridine rings is 1. The third-order valence-electron chi connectivity index (χ3n) is 3.29. The van der Waals surface area contributed by atoms with Crippen LogP contribution in [0.25, 0.3) is 0 Å². The van der Waals surface area contributed by atoms with E-state index >= 15 is 0 Å². The number of hydrogen-bond donors (Lipinski definition) is 1. The fraction of sp³-hybridized carbons (Fsp3) is 0.312. The average molecular weight is 320 g/mol. The molecular formula is C16H18BrNO. The fourth-order valence-corrected chi connectivity index (χ4v) is 2.58. The maximum absolute atomic E-state index is 10.3. The van der Waals surface area contributed by atoms with Gasteiger partial charge in [0.1, 0.15) is 0 Å². The molecule has 19 heavy (non-hydrogen) atoms. The predicted octanol–water partition coefficient (Wildman–Crippen LogP) is 3.99. The van der Waals surface area contributed by atoms with Crippen molar-refractivity contribution < 1.29 is 5.11 Å². The van der Waals surface area contributed by atoms with Crippen LogP contribution in [0.2, 0.25) is 0 Å². The first-order chi connectivity index (χ1) is 9.10. The molecule has 2 rings (SSSR count). The third-order valence-corrected chi connectivity index (χ3v) is 3.78. The van der Waals surface area contributed by atoms with Crippen molar-refractivity contribution in [1.82, 2.24) is 4.98 Å². The molecule has 0 fully saturated rings. The lowest BCUT2D eigenvalue weighted by Crippen LogP contribution is -2.05. The summed E-state index contributed by atoms with van der Waals surface area (Å²) in [5.41, 5.74) is 4.20. The van der Waals surface area contributed by atoms with Gasteiger partial charge in [-0.05, 0) is 48.2 Å². The lowest BCUT2D eigenvalue weighted by Gasteiger charge is -2.14. The number of aliphatic hydroxyl groups is 1. The van der Waals surface area contributed by atoms with E-state index in [9.17, 15) is 5.11 Å². The molecular weight excluding hydrogens is 302 g/mol. The topological polar surface area (TPSA) is 33.1 Å². The van der Waals surface area contributed by atoms with Gasteiger partial charge in [-0.3, -0.25) is 4.98 Å². The number of aromatic nitrogens is 1. The molecule has 100 valence electrons. The van der Waals surface area contributed by atoms with E-state index in [1.165, 1.54) is 5.56 Å². The molecule has 1 aromatic heterocycles. The van der Waals surface area contributed by atoms with Crippen molar-refractivity contribution in [2.45, 2.75) is 32.8 Å². The predicted molar refractivity (Wildman–Crippen MR) is 81.2 cm³/mol. The van der Waals surface area contributed by atoms with Crippen molar-refractivity contribution in [2.75, 3.05) is 0 Å². The number of aliphatic hydroxyl groups excluding tert-OH is 1. The fourth-order valence-electron chi connectivity index (χ4n) is 2.11. The Hall–Kier alpha value is -1.19. The van der Waals surface area contributed by atoms with Crippen LogP contribution in [0.3, 0.4) is 0 Å². The number of benzene rings is 1. The van der Waals surface area contributed by atoms with Gasteiger partial charge in [-0.25, -0.2) is 0 Å². The van der Waals surface area contributed by atoms with Crippen molar-refractivity contribution in [2.24, 2.45) is 0 Å². The van der Waals surface area contributed by atoms with Crippen LogP contribution in [-0.2, 0) is 12.8 Å². The van der Waals surface area contributed by atoms with E-state index < -0.39 is 6.10 Å². The van der Waals surface area contributed by atoms with Crippen molar-refractivity contribution in [3.8, 4) is 0 Å². The minimum atomic E-state index is -0.506. The lowest BCUT2D eigenvalue weighted by atomic mass is 9.99. The van der Waals surface area contributed by atoms with Gasteiger partial charge in [0.2, 0.25) is 0 Å².